The highest BCUT2D eigenvalue weighted by Crippen LogP contribution is 2.25. The van der Waals surface area contributed by atoms with E-state index in [9.17, 15) is 9.59 Å². The summed E-state index contributed by atoms with van der Waals surface area (Å²) in [5.74, 6) is -0.00941. The lowest BCUT2D eigenvalue weighted by Gasteiger charge is -2.31. The minimum Gasteiger partial charge on any atom is -0.338 e. The van der Waals surface area contributed by atoms with Crippen LogP contribution < -0.4 is 5.32 Å². The zero-order chi connectivity index (χ0) is 17.9. The van der Waals surface area contributed by atoms with E-state index in [1.54, 1.807) is 6.20 Å². The molecule has 0 aliphatic carbocycles. The first-order valence-corrected chi connectivity index (χ1v) is 9.58. The number of likely N-dealkylation sites (tertiary alicyclic amines) is 1. The summed E-state index contributed by atoms with van der Waals surface area (Å²) in [5.41, 5.74) is 1.54. The number of carbonyl (C=O) groups excluding carboxylic acids is 2. The molecule has 3 heterocycles. The molecule has 1 aromatic carbocycles. The normalized spacial score (nSPS) is 15.2. The predicted molar refractivity (Wildman–Crippen MR) is 103 cm³/mol. The Hall–Kier alpha value is -2.73. The van der Waals surface area contributed by atoms with Gasteiger partial charge in [0.15, 0.2) is 0 Å². The van der Waals surface area contributed by atoms with Gasteiger partial charge in [-0.05, 0) is 36.4 Å². The number of nitrogens with one attached hydrogen (secondary N) is 1. The summed E-state index contributed by atoms with van der Waals surface area (Å²) >= 11 is 1.46. The molecular weight excluding hydrogens is 346 g/mol. The predicted octanol–water partition coefficient (Wildman–Crippen LogP) is 3.79. The highest BCUT2D eigenvalue weighted by Gasteiger charge is 2.28. The van der Waals surface area contributed by atoms with Crippen LogP contribution in [0.25, 0.3) is 10.9 Å². The Morgan fingerprint density at radius 3 is 2.65 bits per heavy atom. The number of nitrogens with zero attached hydrogens (tertiary/aromatic N) is 2. The van der Waals surface area contributed by atoms with E-state index in [4.69, 9.17) is 0 Å². The molecule has 2 aromatic heterocycles. The lowest BCUT2D eigenvalue weighted by Crippen LogP contribution is -2.41. The third kappa shape index (κ3) is 3.32. The molecule has 1 N–H and O–H groups in total. The molecule has 4 rings (SSSR count). The number of benzene rings is 1. The SMILES string of the molecule is O=C(Nc1cccc2cccnc12)C1CCN(C(=O)c2cccs2)CC1. The molecule has 0 spiro atoms. The van der Waals surface area contributed by atoms with Crippen molar-refractivity contribution in [1.29, 1.82) is 0 Å². The van der Waals surface area contributed by atoms with E-state index >= 15 is 0 Å². The molecule has 0 unspecified atom stereocenters. The molecule has 5 nitrogen and oxygen atoms in total. The molecule has 1 aliphatic heterocycles. The van der Waals surface area contributed by atoms with Crippen molar-refractivity contribution in [1.82, 2.24) is 9.88 Å². The number of hydrogen-bond acceptors (Lipinski definition) is 4. The lowest BCUT2D eigenvalue weighted by atomic mass is 9.95. The molecule has 2 amide bonds. The number of rotatable bonds is 3. The van der Waals surface area contributed by atoms with Crippen LogP contribution in [0.2, 0.25) is 0 Å². The van der Waals surface area contributed by atoms with Crippen LogP contribution in [0, 0.1) is 5.92 Å². The summed E-state index contributed by atoms with van der Waals surface area (Å²) in [4.78, 5) is 32.1. The van der Waals surface area contributed by atoms with Crippen molar-refractivity contribution in [2.75, 3.05) is 18.4 Å². The van der Waals surface area contributed by atoms with E-state index in [1.807, 2.05) is 52.7 Å². The smallest absolute Gasteiger partial charge is 0.263 e. The minimum atomic E-state index is -0.0821. The van der Waals surface area contributed by atoms with Gasteiger partial charge in [0.2, 0.25) is 5.91 Å². The number of amides is 2. The molecule has 3 aromatic rings. The summed E-state index contributed by atoms with van der Waals surface area (Å²) in [6.07, 6.45) is 3.09. The number of piperidine rings is 1. The van der Waals surface area contributed by atoms with Crippen molar-refractivity contribution >= 4 is 39.7 Å². The van der Waals surface area contributed by atoms with Crippen molar-refractivity contribution in [3.63, 3.8) is 0 Å². The summed E-state index contributed by atoms with van der Waals surface area (Å²) in [7, 11) is 0. The maximum atomic E-state index is 12.7. The van der Waals surface area contributed by atoms with Crippen molar-refractivity contribution < 1.29 is 9.59 Å². The highest BCUT2D eigenvalue weighted by molar-refractivity contribution is 7.12. The molecule has 1 saturated heterocycles. The Kier molecular flexibility index (Phi) is 4.67. The molecule has 0 atom stereocenters. The van der Waals surface area contributed by atoms with E-state index in [2.05, 4.69) is 10.3 Å². The Labute approximate surface area is 155 Å². The maximum Gasteiger partial charge on any atom is 0.263 e. The van der Waals surface area contributed by atoms with Gasteiger partial charge in [-0.2, -0.15) is 0 Å². The molecule has 6 heteroatoms. The van der Waals surface area contributed by atoms with Gasteiger partial charge in [-0.1, -0.05) is 24.3 Å². The van der Waals surface area contributed by atoms with Crippen LogP contribution in [0.1, 0.15) is 22.5 Å². The number of para-hydroxylation sites is 1. The van der Waals surface area contributed by atoms with Crippen LogP contribution in [0.15, 0.2) is 54.0 Å². The standard InChI is InChI=1S/C20H19N3O2S/c24-19(22-16-6-1-4-14-5-2-10-21-18(14)16)15-8-11-23(12-9-15)20(25)17-7-3-13-26-17/h1-7,10,13,15H,8-9,11-12H2,(H,22,24). The molecule has 0 saturated carbocycles. The minimum absolute atomic E-state index is 0.00590. The van der Waals surface area contributed by atoms with Crippen LogP contribution in [0.4, 0.5) is 5.69 Å². The molecule has 0 radical (unpaired) electrons. The summed E-state index contributed by atoms with van der Waals surface area (Å²) in [6, 6.07) is 13.4. The first kappa shape index (κ1) is 16.7. The van der Waals surface area contributed by atoms with Crippen molar-refractivity contribution in [3.8, 4) is 0 Å². The van der Waals surface area contributed by atoms with E-state index in [0.29, 0.717) is 25.9 Å². The molecule has 1 fully saturated rings. The van der Waals surface area contributed by atoms with Crippen molar-refractivity contribution in [2.45, 2.75) is 12.8 Å². The third-order valence-corrected chi connectivity index (χ3v) is 5.63. The zero-order valence-electron chi connectivity index (χ0n) is 14.2. The first-order valence-electron chi connectivity index (χ1n) is 8.70. The van der Waals surface area contributed by atoms with E-state index in [0.717, 1.165) is 21.5 Å². The number of fused-ring (bicyclic) bond motifs is 1. The lowest BCUT2D eigenvalue weighted by molar-refractivity contribution is -0.121. The van der Waals surface area contributed by atoms with Crippen LogP contribution in [-0.4, -0.2) is 34.8 Å². The van der Waals surface area contributed by atoms with Gasteiger partial charge in [0.05, 0.1) is 16.1 Å². The molecule has 0 bridgehead atoms. The van der Waals surface area contributed by atoms with E-state index < -0.39 is 0 Å². The van der Waals surface area contributed by atoms with Crippen molar-refractivity contribution in [3.05, 3.63) is 58.9 Å². The maximum absolute atomic E-state index is 12.7. The Morgan fingerprint density at radius 2 is 1.88 bits per heavy atom. The number of anilines is 1. The second kappa shape index (κ2) is 7.25. The number of thiophene rings is 1. The monoisotopic (exact) mass is 365 g/mol. The molecule has 26 heavy (non-hydrogen) atoms. The van der Waals surface area contributed by atoms with Gasteiger partial charge in [-0.15, -0.1) is 11.3 Å². The van der Waals surface area contributed by atoms with Gasteiger partial charge in [-0.25, -0.2) is 0 Å². The van der Waals surface area contributed by atoms with Gasteiger partial charge < -0.3 is 10.2 Å². The fraction of sp³-hybridized carbons (Fsp3) is 0.250. The van der Waals surface area contributed by atoms with Crippen LogP contribution in [-0.2, 0) is 4.79 Å². The van der Waals surface area contributed by atoms with Gasteiger partial charge in [0, 0.05) is 30.6 Å². The summed E-state index contributed by atoms with van der Waals surface area (Å²) < 4.78 is 0. The largest absolute Gasteiger partial charge is 0.338 e. The number of carbonyl (C=O) groups is 2. The Balaban J connectivity index is 1.40. The van der Waals surface area contributed by atoms with Gasteiger partial charge in [-0.3, -0.25) is 14.6 Å². The van der Waals surface area contributed by atoms with Gasteiger partial charge in [0.1, 0.15) is 0 Å². The average molecular weight is 365 g/mol. The topological polar surface area (TPSA) is 62.3 Å². The van der Waals surface area contributed by atoms with E-state index in [1.165, 1.54) is 11.3 Å². The van der Waals surface area contributed by atoms with Crippen LogP contribution in [0.5, 0.6) is 0 Å². The second-order valence-corrected chi connectivity index (χ2v) is 7.36. The summed E-state index contributed by atoms with van der Waals surface area (Å²) in [5, 5.41) is 5.93. The number of hydrogen-bond donors (Lipinski definition) is 1. The third-order valence-electron chi connectivity index (χ3n) is 4.78. The number of aromatic nitrogens is 1. The average Bonchev–Trinajstić information content (AvgIpc) is 3.23. The molecule has 132 valence electrons. The van der Waals surface area contributed by atoms with Crippen molar-refractivity contribution in [2.24, 2.45) is 5.92 Å². The zero-order valence-corrected chi connectivity index (χ0v) is 15.0. The summed E-state index contributed by atoms with van der Waals surface area (Å²) in [6.45, 7) is 1.23. The number of pyridine rings is 1. The Bertz CT molecular complexity index is 926. The molecule has 1 aliphatic rings. The second-order valence-electron chi connectivity index (χ2n) is 6.41. The quantitative estimate of drug-likeness (QED) is 0.768. The fourth-order valence-electron chi connectivity index (χ4n) is 3.34. The van der Waals surface area contributed by atoms with Crippen LogP contribution in [0.3, 0.4) is 0 Å². The molecular formula is C20H19N3O2S. The van der Waals surface area contributed by atoms with Crippen LogP contribution >= 0.6 is 11.3 Å². The van der Waals surface area contributed by atoms with Gasteiger partial charge >= 0.3 is 0 Å². The van der Waals surface area contributed by atoms with Gasteiger partial charge in [0.25, 0.3) is 5.91 Å². The highest BCUT2D eigenvalue weighted by atomic mass is 32.1. The fourth-order valence-corrected chi connectivity index (χ4v) is 4.03. The van der Waals surface area contributed by atoms with E-state index in [-0.39, 0.29) is 17.7 Å². The first-order chi connectivity index (χ1) is 12.7. The Morgan fingerprint density at radius 1 is 1.08 bits per heavy atom.